The fourth-order valence-corrected chi connectivity index (χ4v) is 2.51. The van der Waals surface area contributed by atoms with Gasteiger partial charge in [0.15, 0.2) is 0 Å². The van der Waals surface area contributed by atoms with Crippen LogP contribution in [0, 0.1) is 19.7 Å². The molecule has 0 saturated carbocycles. The molecule has 0 spiro atoms. The molecule has 18 heavy (non-hydrogen) atoms. The van der Waals surface area contributed by atoms with Crippen LogP contribution in [0.5, 0.6) is 0 Å². The van der Waals surface area contributed by atoms with Crippen LogP contribution in [0.15, 0.2) is 30.3 Å². The van der Waals surface area contributed by atoms with E-state index in [1.165, 1.54) is 12.1 Å². The second-order valence-corrected chi connectivity index (χ2v) is 4.86. The van der Waals surface area contributed by atoms with Crippen molar-refractivity contribution in [1.82, 2.24) is 0 Å². The van der Waals surface area contributed by atoms with Gasteiger partial charge in [-0.15, -0.1) is 0 Å². The first-order valence-electron chi connectivity index (χ1n) is 5.78. The Morgan fingerprint density at radius 3 is 2.28 bits per heavy atom. The average molecular weight is 264 g/mol. The normalized spacial score (nSPS) is 10.7. The fraction of sp³-hybridized carbons (Fsp3) is 0.200. The van der Waals surface area contributed by atoms with Crippen LogP contribution >= 0.6 is 11.6 Å². The molecule has 0 heterocycles. The van der Waals surface area contributed by atoms with E-state index in [-0.39, 0.29) is 5.82 Å². The van der Waals surface area contributed by atoms with Crippen LogP contribution in [0.3, 0.4) is 0 Å². The average Bonchev–Trinajstić information content (AvgIpc) is 2.29. The van der Waals surface area contributed by atoms with Gasteiger partial charge in [0.2, 0.25) is 0 Å². The summed E-state index contributed by atoms with van der Waals surface area (Å²) in [6, 6.07) is 8.71. The van der Waals surface area contributed by atoms with E-state index < -0.39 is 0 Å². The van der Waals surface area contributed by atoms with Crippen molar-refractivity contribution >= 4 is 11.6 Å². The third kappa shape index (κ3) is 2.40. The Balaban J connectivity index is 2.69. The maximum Gasteiger partial charge on any atom is 0.123 e. The highest BCUT2D eigenvalue weighted by molar-refractivity contribution is 6.30. The molecule has 0 aliphatic carbocycles. The third-order valence-corrected chi connectivity index (χ3v) is 3.29. The molecule has 0 saturated heterocycles. The summed E-state index contributed by atoms with van der Waals surface area (Å²) in [5.41, 5.74) is 10.6. The smallest absolute Gasteiger partial charge is 0.123 e. The molecule has 2 N–H and O–H groups in total. The number of halogens is 2. The summed E-state index contributed by atoms with van der Waals surface area (Å²) in [7, 11) is 0. The van der Waals surface area contributed by atoms with Crippen molar-refractivity contribution in [2.45, 2.75) is 20.4 Å². The van der Waals surface area contributed by atoms with Gasteiger partial charge in [-0.05, 0) is 65.9 Å². The van der Waals surface area contributed by atoms with E-state index in [2.05, 4.69) is 0 Å². The summed E-state index contributed by atoms with van der Waals surface area (Å²) in [5, 5.41) is 0.664. The first-order chi connectivity index (χ1) is 8.52. The van der Waals surface area contributed by atoms with E-state index in [0.29, 0.717) is 11.6 Å². The van der Waals surface area contributed by atoms with E-state index in [0.717, 1.165) is 27.8 Å². The number of rotatable bonds is 2. The summed E-state index contributed by atoms with van der Waals surface area (Å²) in [6.07, 6.45) is 0. The maximum absolute atomic E-state index is 13.3. The molecule has 0 bridgehead atoms. The van der Waals surface area contributed by atoms with Crippen molar-refractivity contribution in [3.63, 3.8) is 0 Å². The topological polar surface area (TPSA) is 26.0 Å². The first-order valence-corrected chi connectivity index (χ1v) is 6.16. The van der Waals surface area contributed by atoms with Crippen LogP contribution in [-0.4, -0.2) is 0 Å². The van der Waals surface area contributed by atoms with Crippen molar-refractivity contribution in [2.24, 2.45) is 5.73 Å². The molecule has 2 aromatic rings. The molecule has 0 aromatic heterocycles. The van der Waals surface area contributed by atoms with Crippen molar-refractivity contribution in [3.8, 4) is 11.1 Å². The van der Waals surface area contributed by atoms with Crippen LogP contribution in [0.4, 0.5) is 4.39 Å². The van der Waals surface area contributed by atoms with Gasteiger partial charge in [-0.2, -0.15) is 0 Å². The van der Waals surface area contributed by atoms with Crippen LogP contribution in [0.25, 0.3) is 11.1 Å². The molecule has 0 unspecified atom stereocenters. The Morgan fingerprint density at radius 1 is 1.11 bits per heavy atom. The highest BCUT2D eigenvalue weighted by Crippen LogP contribution is 2.32. The SMILES string of the molecule is Cc1cc(F)cc(C)c1-c1ccc(Cl)cc1CN. The van der Waals surface area contributed by atoms with Gasteiger partial charge in [0.25, 0.3) is 0 Å². The Kier molecular flexibility index (Phi) is 3.69. The van der Waals surface area contributed by atoms with Gasteiger partial charge in [0.05, 0.1) is 0 Å². The van der Waals surface area contributed by atoms with E-state index in [1.54, 1.807) is 0 Å². The predicted octanol–water partition coefficient (Wildman–Crippen LogP) is 4.22. The second-order valence-electron chi connectivity index (χ2n) is 4.42. The molecule has 94 valence electrons. The first kappa shape index (κ1) is 13.1. The molecule has 0 radical (unpaired) electrons. The second kappa shape index (κ2) is 5.09. The van der Waals surface area contributed by atoms with Crippen molar-refractivity contribution < 1.29 is 4.39 Å². The molecule has 0 fully saturated rings. The van der Waals surface area contributed by atoms with Crippen molar-refractivity contribution in [3.05, 3.63) is 57.9 Å². The number of nitrogens with two attached hydrogens (primary N) is 1. The molecule has 0 atom stereocenters. The summed E-state index contributed by atoms with van der Waals surface area (Å²) >= 11 is 5.97. The zero-order chi connectivity index (χ0) is 13.3. The summed E-state index contributed by atoms with van der Waals surface area (Å²) in [6.45, 7) is 4.22. The Hall–Kier alpha value is -1.38. The minimum absolute atomic E-state index is 0.211. The number of hydrogen-bond acceptors (Lipinski definition) is 1. The fourth-order valence-electron chi connectivity index (χ4n) is 2.31. The Bertz CT molecular complexity index is 570. The molecule has 1 nitrogen and oxygen atoms in total. The third-order valence-electron chi connectivity index (χ3n) is 3.05. The molecular formula is C15H15ClFN. The van der Waals surface area contributed by atoms with E-state index in [1.807, 2.05) is 32.0 Å². The lowest BCUT2D eigenvalue weighted by molar-refractivity contribution is 0.625. The summed E-state index contributed by atoms with van der Waals surface area (Å²) in [4.78, 5) is 0. The van der Waals surface area contributed by atoms with E-state index in [4.69, 9.17) is 17.3 Å². The van der Waals surface area contributed by atoms with Crippen LogP contribution in [-0.2, 0) is 6.54 Å². The van der Waals surface area contributed by atoms with Gasteiger partial charge in [0.1, 0.15) is 5.82 Å². The molecule has 0 amide bonds. The van der Waals surface area contributed by atoms with Crippen LogP contribution in [0.2, 0.25) is 5.02 Å². The van der Waals surface area contributed by atoms with Crippen molar-refractivity contribution in [2.75, 3.05) is 0 Å². The zero-order valence-electron chi connectivity index (χ0n) is 10.4. The minimum Gasteiger partial charge on any atom is -0.326 e. The van der Waals surface area contributed by atoms with Gasteiger partial charge in [-0.3, -0.25) is 0 Å². The molecule has 2 rings (SSSR count). The number of benzene rings is 2. The quantitative estimate of drug-likeness (QED) is 0.862. The Morgan fingerprint density at radius 2 is 1.72 bits per heavy atom. The molecular weight excluding hydrogens is 249 g/mol. The lowest BCUT2D eigenvalue weighted by Crippen LogP contribution is -2.01. The van der Waals surface area contributed by atoms with Gasteiger partial charge >= 0.3 is 0 Å². The molecule has 3 heteroatoms. The monoisotopic (exact) mass is 263 g/mol. The molecule has 0 aliphatic heterocycles. The van der Waals surface area contributed by atoms with Crippen LogP contribution in [0.1, 0.15) is 16.7 Å². The molecule has 2 aromatic carbocycles. The summed E-state index contributed by atoms with van der Waals surface area (Å²) in [5.74, 6) is -0.211. The maximum atomic E-state index is 13.3. The van der Waals surface area contributed by atoms with E-state index >= 15 is 0 Å². The lowest BCUT2D eigenvalue weighted by atomic mass is 9.92. The number of aryl methyl sites for hydroxylation is 2. The van der Waals surface area contributed by atoms with E-state index in [9.17, 15) is 4.39 Å². The minimum atomic E-state index is -0.211. The van der Waals surface area contributed by atoms with Gasteiger partial charge in [0, 0.05) is 11.6 Å². The molecule has 0 aliphatic rings. The highest BCUT2D eigenvalue weighted by Gasteiger charge is 2.11. The van der Waals surface area contributed by atoms with Crippen molar-refractivity contribution in [1.29, 1.82) is 0 Å². The number of hydrogen-bond donors (Lipinski definition) is 1. The highest BCUT2D eigenvalue weighted by atomic mass is 35.5. The standard InChI is InChI=1S/C15H15ClFN/c1-9-5-13(17)6-10(2)15(9)14-4-3-12(16)7-11(14)8-18/h3-7H,8,18H2,1-2H3. The van der Waals surface area contributed by atoms with Crippen LogP contribution < -0.4 is 5.73 Å². The zero-order valence-corrected chi connectivity index (χ0v) is 11.2. The largest absolute Gasteiger partial charge is 0.326 e. The predicted molar refractivity (Wildman–Crippen MR) is 74.2 cm³/mol. The Labute approximate surface area is 111 Å². The van der Waals surface area contributed by atoms with Gasteiger partial charge in [-0.25, -0.2) is 4.39 Å². The van der Waals surface area contributed by atoms with Gasteiger partial charge < -0.3 is 5.73 Å². The van der Waals surface area contributed by atoms with Gasteiger partial charge in [-0.1, -0.05) is 17.7 Å². The summed E-state index contributed by atoms with van der Waals surface area (Å²) < 4.78 is 13.3. The lowest BCUT2D eigenvalue weighted by Gasteiger charge is -2.14.